The molecule has 1 aromatic carbocycles. The van der Waals surface area contributed by atoms with Gasteiger partial charge in [-0.05, 0) is 57.5 Å². The predicted octanol–water partition coefficient (Wildman–Crippen LogP) is 2.98. The van der Waals surface area contributed by atoms with Gasteiger partial charge in [0.05, 0.1) is 12.0 Å². The third kappa shape index (κ3) is 4.30. The zero-order chi connectivity index (χ0) is 18.5. The molecule has 5 nitrogen and oxygen atoms in total. The van der Waals surface area contributed by atoms with Crippen LogP contribution in [-0.4, -0.2) is 40.0 Å². The van der Waals surface area contributed by atoms with Gasteiger partial charge in [-0.2, -0.15) is 0 Å². The molecule has 1 aromatic heterocycles. The van der Waals surface area contributed by atoms with Crippen molar-refractivity contribution in [1.29, 1.82) is 0 Å². The lowest BCUT2D eigenvalue weighted by Crippen LogP contribution is -2.43. The molecule has 2 aromatic rings. The van der Waals surface area contributed by atoms with Crippen LogP contribution in [0.15, 0.2) is 30.6 Å². The number of benzene rings is 1. The van der Waals surface area contributed by atoms with Crippen molar-refractivity contribution in [3.8, 4) is 0 Å². The van der Waals surface area contributed by atoms with Crippen molar-refractivity contribution in [1.82, 2.24) is 19.8 Å². The molecule has 0 bridgehead atoms. The molecule has 1 fully saturated rings. The highest BCUT2D eigenvalue weighted by Gasteiger charge is 2.28. The topological polar surface area (TPSA) is 50.2 Å². The van der Waals surface area contributed by atoms with Crippen LogP contribution in [0.25, 0.3) is 0 Å². The molecular weight excluding hydrogens is 331 g/mol. The van der Waals surface area contributed by atoms with Gasteiger partial charge in [0.25, 0.3) is 0 Å². The predicted molar refractivity (Wildman–Crippen MR) is 99.3 cm³/mol. The van der Waals surface area contributed by atoms with Crippen LogP contribution in [0, 0.1) is 19.7 Å². The summed E-state index contributed by atoms with van der Waals surface area (Å²) in [7, 11) is 0. The first kappa shape index (κ1) is 18.6. The highest BCUT2D eigenvalue weighted by Crippen LogP contribution is 2.25. The van der Waals surface area contributed by atoms with Gasteiger partial charge >= 0.3 is 0 Å². The Balaban J connectivity index is 1.67. The maximum Gasteiger partial charge on any atom is 0.242 e. The fourth-order valence-electron chi connectivity index (χ4n) is 3.52. The van der Waals surface area contributed by atoms with E-state index in [2.05, 4.69) is 15.2 Å². The van der Waals surface area contributed by atoms with Crippen LogP contribution in [0.4, 0.5) is 4.39 Å². The minimum atomic E-state index is -0.360. The zero-order valence-electron chi connectivity index (χ0n) is 15.5. The molecule has 1 N–H and O–H groups in total. The van der Waals surface area contributed by atoms with E-state index in [4.69, 9.17) is 0 Å². The summed E-state index contributed by atoms with van der Waals surface area (Å²) in [6, 6.07) is 5.94. The normalized spacial score (nSPS) is 16.4. The van der Waals surface area contributed by atoms with Gasteiger partial charge in [-0.1, -0.05) is 18.6 Å². The summed E-state index contributed by atoms with van der Waals surface area (Å²) in [6.07, 6.45) is 5.20. The van der Waals surface area contributed by atoms with Crippen LogP contribution in [-0.2, 0) is 11.3 Å². The van der Waals surface area contributed by atoms with Gasteiger partial charge in [0.2, 0.25) is 5.91 Å². The van der Waals surface area contributed by atoms with Crippen molar-refractivity contribution in [3.63, 3.8) is 0 Å². The molecule has 6 heteroatoms. The summed E-state index contributed by atoms with van der Waals surface area (Å²) in [5.74, 6) is -0.300. The third-order valence-electron chi connectivity index (χ3n) is 5.19. The molecule has 1 atom stereocenters. The summed E-state index contributed by atoms with van der Waals surface area (Å²) in [5.41, 5.74) is 2.97. The Kier molecular flexibility index (Phi) is 6.04. The molecule has 2 heterocycles. The van der Waals surface area contributed by atoms with Gasteiger partial charge in [-0.3, -0.25) is 9.69 Å². The van der Waals surface area contributed by atoms with Crippen molar-refractivity contribution in [3.05, 3.63) is 53.4 Å². The Morgan fingerprint density at radius 1 is 1.19 bits per heavy atom. The Hall–Kier alpha value is -2.21. The molecule has 0 spiro atoms. The minimum Gasteiger partial charge on any atom is -0.353 e. The highest BCUT2D eigenvalue weighted by molar-refractivity contribution is 5.83. The van der Waals surface area contributed by atoms with E-state index in [1.54, 1.807) is 18.5 Å². The fraction of sp³-hybridized carbons (Fsp3) is 0.500. The van der Waals surface area contributed by atoms with E-state index in [1.165, 1.54) is 18.6 Å². The lowest BCUT2D eigenvalue weighted by Gasteiger charge is -2.34. The van der Waals surface area contributed by atoms with Crippen LogP contribution < -0.4 is 5.32 Å². The van der Waals surface area contributed by atoms with Crippen LogP contribution in [0.2, 0.25) is 0 Å². The Morgan fingerprint density at radius 3 is 2.50 bits per heavy atom. The summed E-state index contributed by atoms with van der Waals surface area (Å²) in [5, 5.41) is 3.06. The fourth-order valence-corrected chi connectivity index (χ4v) is 3.52. The van der Waals surface area contributed by atoms with E-state index < -0.39 is 0 Å². The molecule has 1 amide bonds. The summed E-state index contributed by atoms with van der Waals surface area (Å²) < 4.78 is 15.3. The molecule has 0 saturated carbocycles. The summed E-state index contributed by atoms with van der Waals surface area (Å²) in [4.78, 5) is 19.4. The number of rotatable bonds is 6. The molecule has 3 rings (SSSR count). The van der Waals surface area contributed by atoms with Gasteiger partial charge in [-0.25, -0.2) is 9.37 Å². The van der Waals surface area contributed by atoms with Gasteiger partial charge in [0, 0.05) is 18.8 Å². The number of hydrogen-bond acceptors (Lipinski definition) is 3. The second kappa shape index (κ2) is 8.45. The van der Waals surface area contributed by atoms with Gasteiger partial charge < -0.3 is 9.88 Å². The highest BCUT2D eigenvalue weighted by atomic mass is 19.1. The average molecular weight is 358 g/mol. The number of piperidine rings is 1. The van der Waals surface area contributed by atoms with Crippen LogP contribution >= 0.6 is 0 Å². The molecule has 1 aliphatic heterocycles. The molecule has 0 radical (unpaired) electrons. The Morgan fingerprint density at radius 2 is 1.88 bits per heavy atom. The number of aryl methyl sites for hydroxylation is 1. The van der Waals surface area contributed by atoms with Crippen molar-refractivity contribution < 1.29 is 9.18 Å². The number of amides is 1. The van der Waals surface area contributed by atoms with E-state index in [0.29, 0.717) is 13.1 Å². The smallest absolute Gasteiger partial charge is 0.242 e. The number of carbonyl (C=O) groups excluding carboxylic acids is 1. The number of imidazole rings is 1. The lowest BCUT2D eigenvalue weighted by molar-refractivity contribution is -0.127. The number of halogens is 1. The van der Waals surface area contributed by atoms with Crippen molar-refractivity contribution in [2.75, 3.05) is 19.6 Å². The third-order valence-corrected chi connectivity index (χ3v) is 5.19. The maximum atomic E-state index is 13.3. The first-order chi connectivity index (χ1) is 12.6. The molecule has 1 aliphatic rings. The number of likely N-dealkylation sites (tertiary alicyclic amines) is 1. The van der Waals surface area contributed by atoms with Crippen molar-refractivity contribution >= 4 is 5.91 Å². The number of aromatic nitrogens is 2. The van der Waals surface area contributed by atoms with E-state index in [1.807, 2.05) is 18.4 Å². The van der Waals surface area contributed by atoms with Gasteiger partial charge in [0.1, 0.15) is 11.9 Å². The lowest BCUT2D eigenvalue weighted by atomic mass is 10.0. The van der Waals surface area contributed by atoms with E-state index in [0.717, 1.165) is 42.9 Å². The van der Waals surface area contributed by atoms with Crippen molar-refractivity contribution in [2.45, 2.75) is 45.7 Å². The largest absolute Gasteiger partial charge is 0.353 e. The van der Waals surface area contributed by atoms with Crippen LogP contribution in [0.5, 0.6) is 0 Å². The first-order valence-corrected chi connectivity index (χ1v) is 9.32. The average Bonchev–Trinajstić information content (AvgIpc) is 2.97. The number of hydrogen-bond donors (Lipinski definition) is 1. The van der Waals surface area contributed by atoms with Crippen LogP contribution in [0.1, 0.15) is 42.3 Å². The SMILES string of the molecule is Cc1ncn(CCNC(=O)C(c2ccc(F)cc2)N2CCCCC2)c1C. The van der Waals surface area contributed by atoms with Gasteiger partial charge in [-0.15, -0.1) is 0 Å². The Labute approximate surface area is 154 Å². The minimum absolute atomic E-state index is 0.0204. The molecule has 26 heavy (non-hydrogen) atoms. The van der Waals surface area contributed by atoms with E-state index in [-0.39, 0.29) is 17.8 Å². The summed E-state index contributed by atoms with van der Waals surface area (Å²) in [6.45, 7) is 7.03. The number of nitrogens with zero attached hydrogens (tertiary/aromatic N) is 3. The second-order valence-corrected chi connectivity index (χ2v) is 6.95. The monoisotopic (exact) mass is 358 g/mol. The molecular formula is C20H27FN4O. The van der Waals surface area contributed by atoms with Crippen LogP contribution in [0.3, 0.4) is 0 Å². The van der Waals surface area contributed by atoms with E-state index >= 15 is 0 Å². The maximum absolute atomic E-state index is 13.3. The number of nitrogens with one attached hydrogen (secondary N) is 1. The number of carbonyl (C=O) groups is 1. The second-order valence-electron chi connectivity index (χ2n) is 6.95. The van der Waals surface area contributed by atoms with Crippen molar-refractivity contribution in [2.24, 2.45) is 0 Å². The molecule has 1 unspecified atom stereocenters. The molecule has 140 valence electrons. The van der Waals surface area contributed by atoms with Gasteiger partial charge in [0.15, 0.2) is 0 Å². The Bertz CT molecular complexity index is 735. The summed E-state index contributed by atoms with van der Waals surface area (Å²) >= 11 is 0. The first-order valence-electron chi connectivity index (χ1n) is 9.32. The molecule has 1 saturated heterocycles. The molecule has 0 aliphatic carbocycles. The van der Waals surface area contributed by atoms with E-state index in [9.17, 15) is 9.18 Å². The zero-order valence-corrected chi connectivity index (χ0v) is 15.5. The quantitative estimate of drug-likeness (QED) is 0.864. The standard InChI is InChI=1S/C20H27FN4O/c1-15-16(2)25(14-23-15)13-10-22-20(26)19(24-11-4-3-5-12-24)17-6-8-18(21)9-7-17/h6-9,14,19H,3-5,10-13H2,1-2H3,(H,22,26).